The minimum atomic E-state index is -0.709. The standard InChI is InChI=1S/C25H27N7O3S/c1-35-20-11-19(24(33)29-12-16-10-17-21(36-16)14-30-31-22(17)26)32-23(20)28-13-18(25(32)34)27-9-5-8-15-6-3-2-4-7-15/h2-4,6-7,10,13-14,19-20,27H,5,8-9,11-12H2,1H3,(H2,26,31)(H,29,33). The van der Waals surface area contributed by atoms with Gasteiger partial charge in [-0.1, -0.05) is 30.3 Å². The lowest BCUT2D eigenvalue weighted by molar-refractivity contribution is -0.124. The highest BCUT2D eigenvalue weighted by Crippen LogP contribution is 2.34. The number of nitrogens with zero attached hydrogens (tertiary/aromatic N) is 4. The lowest BCUT2D eigenvalue weighted by atomic mass is 10.1. The Bertz CT molecular complexity index is 1440. The number of carbonyl (C=O) groups is 1. The maximum Gasteiger partial charge on any atom is 0.277 e. The molecule has 0 bridgehead atoms. The molecule has 2 atom stereocenters. The van der Waals surface area contributed by atoms with E-state index < -0.39 is 12.1 Å². The first kappa shape index (κ1) is 23.9. The number of hydrogen-bond donors (Lipinski definition) is 3. The number of anilines is 2. The van der Waals surface area contributed by atoms with Gasteiger partial charge in [0.2, 0.25) is 5.91 Å². The van der Waals surface area contributed by atoms with Crippen LogP contribution < -0.4 is 21.9 Å². The molecule has 186 valence electrons. The Kier molecular flexibility index (Phi) is 6.92. The molecular weight excluding hydrogens is 478 g/mol. The average molecular weight is 506 g/mol. The van der Waals surface area contributed by atoms with Crippen molar-refractivity contribution >= 4 is 38.8 Å². The van der Waals surface area contributed by atoms with Gasteiger partial charge in [-0.3, -0.25) is 14.2 Å². The monoisotopic (exact) mass is 505 g/mol. The van der Waals surface area contributed by atoms with Crippen molar-refractivity contribution in [3.8, 4) is 0 Å². The molecule has 4 heterocycles. The quantitative estimate of drug-likeness (QED) is 0.295. The van der Waals surface area contributed by atoms with Gasteiger partial charge < -0.3 is 21.1 Å². The van der Waals surface area contributed by atoms with Gasteiger partial charge in [-0.05, 0) is 24.5 Å². The van der Waals surface area contributed by atoms with Crippen LogP contribution in [0.25, 0.3) is 10.1 Å². The van der Waals surface area contributed by atoms with Gasteiger partial charge in [-0.25, -0.2) is 4.98 Å². The SMILES string of the molecule is COC1CC(C(=O)NCc2cc3c(N)nncc3s2)n2c1ncc(NCCCc1ccccc1)c2=O. The molecule has 0 spiro atoms. The normalized spacial score (nSPS) is 16.7. The highest BCUT2D eigenvalue weighted by molar-refractivity contribution is 7.19. The summed E-state index contributed by atoms with van der Waals surface area (Å²) >= 11 is 1.49. The van der Waals surface area contributed by atoms with Crippen LogP contribution in [0, 0.1) is 0 Å². The Morgan fingerprint density at radius 3 is 2.89 bits per heavy atom. The van der Waals surface area contributed by atoms with E-state index in [2.05, 4.69) is 37.9 Å². The smallest absolute Gasteiger partial charge is 0.277 e. The molecule has 4 N–H and O–H groups in total. The number of methoxy groups -OCH3 is 1. The van der Waals surface area contributed by atoms with Crippen LogP contribution in [0.3, 0.4) is 0 Å². The Morgan fingerprint density at radius 2 is 2.11 bits per heavy atom. The molecule has 2 unspecified atom stereocenters. The number of nitrogens with one attached hydrogen (secondary N) is 2. The zero-order chi connectivity index (χ0) is 25.1. The number of amides is 1. The molecule has 5 rings (SSSR count). The van der Waals surface area contributed by atoms with Gasteiger partial charge in [0, 0.05) is 30.3 Å². The third kappa shape index (κ3) is 4.79. The van der Waals surface area contributed by atoms with Gasteiger partial charge in [0.05, 0.1) is 23.6 Å². The van der Waals surface area contributed by atoms with E-state index in [9.17, 15) is 9.59 Å². The van der Waals surface area contributed by atoms with Crippen molar-refractivity contribution in [1.82, 2.24) is 25.1 Å². The number of aromatic nitrogens is 4. The maximum absolute atomic E-state index is 13.3. The number of rotatable bonds is 9. The lowest BCUT2D eigenvalue weighted by Gasteiger charge is -2.15. The van der Waals surface area contributed by atoms with Gasteiger partial charge >= 0.3 is 0 Å². The minimum absolute atomic E-state index is 0.261. The van der Waals surface area contributed by atoms with Crippen LogP contribution in [0.4, 0.5) is 11.5 Å². The fourth-order valence-electron chi connectivity index (χ4n) is 4.47. The molecule has 0 saturated carbocycles. The van der Waals surface area contributed by atoms with E-state index in [1.807, 2.05) is 24.3 Å². The third-order valence-electron chi connectivity index (χ3n) is 6.31. The van der Waals surface area contributed by atoms with E-state index in [4.69, 9.17) is 10.5 Å². The van der Waals surface area contributed by atoms with Crippen LogP contribution in [-0.4, -0.2) is 39.3 Å². The van der Waals surface area contributed by atoms with E-state index in [0.717, 1.165) is 27.8 Å². The number of aryl methyl sites for hydroxylation is 1. The zero-order valence-corrected chi connectivity index (χ0v) is 20.6. The van der Waals surface area contributed by atoms with Gasteiger partial charge in [0.15, 0.2) is 5.82 Å². The van der Waals surface area contributed by atoms with Gasteiger partial charge in [0.1, 0.15) is 23.7 Å². The van der Waals surface area contributed by atoms with Crippen LogP contribution in [0.1, 0.15) is 41.3 Å². The topological polar surface area (TPSA) is 137 Å². The molecule has 1 amide bonds. The summed E-state index contributed by atoms with van der Waals surface area (Å²) in [7, 11) is 1.56. The Morgan fingerprint density at radius 1 is 1.28 bits per heavy atom. The summed E-state index contributed by atoms with van der Waals surface area (Å²) in [5, 5.41) is 14.7. The molecule has 11 heteroatoms. The molecule has 0 fully saturated rings. The van der Waals surface area contributed by atoms with Crippen LogP contribution >= 0.6 is 11.3 Å². The average Bonchev–Trinajstić information content (AvgIpc) is 3.49. The van der Waals surface area contributed by atoms with Crippen molar-refractivity contribution in [2.75, 3.05) is 24.7 Å². The van der Waals surface area contributed by atoms with Crippen molar-refractivity contribution in [2.24, 2.45) is 0 Å². The molecule has 0 saturated heterocycles. The molecule has 0 radical (unpaired) electrons. The summed E-state index contributed by atoms with van der Waals surface area (Å²) in [6.07, 6.45) is 4.86. The number of ether oxygens (including phenoxy) is 1. The number of nitrogens with two attached hydrogens (primary N) is 1. The summed E-state index contributed by atoms with van der Waals surface area (Å²) in [5.41, 5.74) is 7.24. The molecule has 1 aliphatic rings. The Balaban J connectivity index is 1.28. The summed E-state index contributed by atoms with van der Waals surface area (Å²) in [5.74, 6) is 0.558. The first-order valence-electron chi connectivity index (χ1n) is 11.7. The van der Waals surface area contributed by atoms with Crippen molar-refractivity contribution in [1.29, 1.82) is 0 Å². The van der Waals surface area contributed by atoms with Gasteiger partial charge in [-0.15, -0.1) is 16.4 Å². The molecule has 36 heavy (non-hydrogen) atoms. The predicted molar refractivity (Wildman–Crippen MR) is 139 cm³/mol. The Hall–Kier alpha value is -3.83. The third-order valence-corrected chi connectivity index (χ3v) is 7.38. The van der Waals surface area contributed by atoms with Crippen molar-refractivity contribution in [2.45, 2.75) is 38.0 Å². The highest BCUT2D eigenvalue weighted by Gasteiger charge is 2.38. The highest BCUT2D eigenvalue weighted by atomic mass is 32.1. The van der Waals surface area contributed by atoms with E-state index in [0.29, 0.717) is 36.8 Å². The number of benzene rings is 1. The van der Waals surface area contributed by atoms with E-state index >= 15 is 0 Å². The van der Waals surface area contributed by atoms with Crippen LogP contribution in [0.5, 0.6) is 0 Å². The van der Waals surface area contributed by atoms with Gasteiger partial charge in [0.25, 0.3) is 5.56 Å². The van der Waals surface area contributed by atoms with Crippen molar-refractivity contribution in [3.63, 3.8) is 0 Å². The van der Waals surface area contributed by atoms with Gasteiger partial charge in [-0.2, -0.15) is 5.10 Å². The first-order valence-corrected chi connectivity index (χ1v) is 12.6. The fourth-order valence-corrected chi connectivity index (χ4v) is 5.45. The second kappa shape index (κ2) is 10.4. The summed E-state index contributed by atoms with van der Waals surface area (Å²) in [6, 6.07) is 11.4. The molecular formula is C25H27N7O3S. The molecule has 1 aromatic carbocycles. The van der Waals surface area contributed by atoms with Crippen LogP contribution in [0.2, 0.25) is 0 Å². The number of carbonyl (C=O) groups excluding carboxylic acids is 1. The number of hydrogen-bond acceptors (Lipinski definition) is 9. The Labute approximate surface area is 211 Å². The summed E-state index contributed by atoms with van der Waals surface area (Å²) in [4.78, 5) is 31.9. The van der Waals surface area contributed by atoms with E-state index in [1.165, 1.54) is 27.7 Å². The second-order valence-electron chi connectivity index (χ2n) is 8.64. The van der Waals surface area contributed by atoms with Crippen molar-refractivity contribution in [3.05, 3.63) is 75.4 Å². The van der Waals surface area contributed by atoms with Crippen molar-refractivity contribution < 1.29 is 9.53 Å². The lowest BCUT2D eigenvalue weighted by Crippen LogP contribution is -2.36. The molecule has 4 aromatic rings. The van der Waals surface area contributed by atoms with E-state index in [-0.39, 0.29) is 11.5 Å². The number of thiophene rings is 1. The summed E-state index contributed by atoms with van der Waals surface area (Å²) in [6.45, 7) is 0.926. The molecule has 3 aromatic heterocycles. The second-order valence-corrected chi connectivity index (χ2v) is 9.80. The van der Waals surface area contributed by atoms with Crippen LogP contribution in [0.15, 0.2) is 53.6 Å². The summed E-state index contributed by atoms with van der Waals surface area (Å²) < 4.78 is 7.89. The molecule has 10 nitrogen and oxygen atoms in total. The minimum Gasteiger partial charge on any atom is -0.382 e. The van der Waals surface area contributed by atoms with E-state index in [1.54, 1.807) is 13.3 Å². The molecule has 1 aliphatic heterocycles. The number of nitrogen functional groups attached to an aromatic ring is 1. The largest absolute Gasteiger partial charge is 0.382 e. The first-order chi connectivity index (χ1) is 17.5. The zero-order valence-electron chi connectivity index (χ0n) is 19.8. The van der Waals surface area contributed by atoms with Crippen LogP contribution in [-0.2, 0) is 22.5 Å². The predicted octanol–water partition coefficient (Wildman–Crippen LogP) is 2.82. The molecule has 0 aliphatic carbocycles. The fraction of sp³-hybridized carbons (Fsp3) is 0.320. The number of fused-ring (bicyclic) bond motifs is 2. The maximum atomic E-state index is 13.3.